The Morgan fingerprint density at radius 3 is 2.87 bits per heavy atom. The molecule has 2 aromatic rings. The van der Waals surface area contributed by atoms with Gasteiger partial charge in [0.2, 0.25) is 0 Å². The van der Waals surface area contributed by atoms with E-state index in [9.17, 15) is 9.90 Å². The number of amides is 1. The largest absolute Gasteiger partial charge is 0.469 e. The summed E-state index contributed by atoms with van der Waals surface area (Å²) < 4.78 is 5.18. The molecule has 0 radical (unpaired) electrons. The summed E-state index contributed by atoms with van der Waals surface area (Å²) in [7, 11) is 0. The molecule has 1 fully saturated rings. The first kappa shape index (κ1) is 15.6. The molecule has 0 saturated carbocycles. The lowest BCUT2D eigenvalue weighted by atomic mass is 9.98. The predicted octanol–water partition coefficient (Wildman–Crippen LogP) is 2.44. The van der Waals surface area contributed by atoms with E-state index >= 15 is 0 Å². The molecule has 6 heteroatoms. The van der Waals surface area contributed by atoms with E-state index in [0.29, 0.717) is 22.9 Å². The smallest absolute Gasteiger partial charge is 0.259 e. The van der Waals surface area contributed by atoms with Crippen molar-refractivity contribution >= 4 is 17.4 Å². The first-order chi connectivity index (χ1) is 11.2. The van der Waals surface area contributed by atoms with Gasteiger partial charge in [0.05, 0.1) is 17.5 Å². The van der Waals surface area contributed by atoms with Gasteiger partial charge in [-0.05, 0) is 43.9 Å². The minimum Gasteiger partial charge on any atom is -0.469 e. The predicted molar refractivity (Wildman–Crippen MR) is 87.7 cm³/mol. The van der Waals surface area contributed by atoms with E-state index in [1.54, 1.807) is 19.2 Å². The van der Waals surface area contributed by atoms with Gasteiger partial charge < -0.3 is 19.7 Å². The van der Waals surface area contributed by atoms with Crippen LogP contribution in [0.15, 0.2) is 35.1 Å². The zero-order valence-corrected chi connectivity index (χ0v) is 13.2. The number of anilines is 2. The molecule has 0 aliphatic carbocycles. The highest BCUT2D eigenvalue weighted by Crippen LogP contribution is 2.28. The summed E-state index contributed by atoms with van der Waals surface area (Å²) in [4.78, 5) is 19.0. The van der Waals surface area contributed by atoms with Crippen molar-refractivity contribution in [1.82, 2.24) is 4.98 Å². The summed E-state index contributed by atoms with van der Waals surface area (Å²) in [5.41, 5.74) is 1.22. The maximum Gasteiger partial charge on any atom is 0.259 e. The molecule has 1 aliphatic rings. The van der Waals surface area contributed by atoms with Crippen molar-refractivity contribution in [1.29, 1.82) is 0 Å². The third-order valence-corrected chi connectivity index (χ3v) is 4.31. The van der Waals surface area contributed by atoms with Crippen LogP contribution in [0.3, 0.4) is 0 Å². The molecular weight excluding hydrogens is 294 g/mol. The maximum absolute atomic E-state index is 12.4. The first-order valence-electron chi connectivity index (χ1n) is 7.85. The number of rotatable bonds is 4. The Bertz CT molecular complexity index is 675. The van der Waals surface area contributed by atoms with Crippen molar-refractivity contribution in [2.24, 2.45) is 5.92 Å². The minimum absolute atomic E-state index is 0.198. The van der Waals surface area contributed by atoms with E-state index in [-0.39, 0.29) is 12.5 Å². The average molecular weight is 315 g/mol. The van der Waals surface area contributed by atoms with Crippen LogP contribution in [0.4, 0.5) is 11.5 Å². The van der Waals surface area contributed by atoms with E-state index in [4.69, 9.17) is 4.42 Å². The van der Waals surface area contributed by atoms with Crippen LogP contribution >= 0.6 is 0 Å². The zero-order chi connectivity index (χ0) is 16.2. The van der Waals surface area contributed by atoms with Crippen LogP contribution < -0.4 is 10.2 Å². The molecule has 0 aromatic carbocycles. The van der Waals surface area contributed by atoms with Gasteiger partial charge >= 0.3 is 0 Å². The van der Waals surface area contributed by atoms with E-state index in [0.717, 1.165) is 31.7 Å². The Balaban J connectivity index is 1.76. The Morgan fingerprint density at radius 1 is 1.43 bits per heavy atom. The molecule has 0 atom stereocenters. The van der Waals surface area contributed by atoms with Crippen LogP contribution in [-0.2, 0) is 0 Å². The zero-order valence-electron chi connectivity index (χ0n) is 13.2. The van der Waals surface area contributed by atoms with E-state index < -0.39 is 0 Å². The number of carbonyl (C=O) groups excluding carboxylic acids is 1. The third kappa shape index (κ3) is 3.37. The van der Waals surface area contributed by atoms with Crippen molar-refractivity contribution < 1.29 is 14.3 Å². The molecule has 2 aromatic heterocycles. The summed E-state index contributed by atoms with van der Waals surface area (Å²) in [6.45, 7) is 3.66. The number of aromatic nitrogens is 1. The number of aliphatic hydroxyl groups excluding tert-OH is 1. The fourth-order valence-electron chi connectivity index (χ4n) is 2.88. The summed E-state index contributed by atoms with van der Waals surface area (Å²) in [6.07, 6.45) is 5.10. The van der Waals surface area contributed by atoms with Gasteiger partial charge in [-0.1, -0.05) is 0 Å². The SMILES string of the molecule is Cc1occc1C(=O)Nc1cccnc1N1CCC(CO)CC1. The van der Waals surface area contributed by atoms with Crippen LogP contribution in [-0.4, -0.2) is 35.7 Å². The van der Waals surface area contributed by atoms with Crippen LogP contribution in [0.5, 0.6) is 0 Å². The number of pyridine rings is 1. The Kier molecular flexibility index (Phi) is 4.62. The first-order valence-corrected chi connectivity index (χ1v) is 7.85. The summed E-state index contributed by atoms with van der Waals surface area (Å²) >= 11 is 0. The molecule has 3 rings (SSSR count). The monoisotopic (exact) mass is 315 g/mol. The van der Waals surface area contributed by atoms with Gasteiger partial charge in [0, 0.05) is 25.9 Å². The van der Waals surface area contributed by atoms with Gasteiger partial charge in [0.15, 0.2) is 5.82 Å². The molecule has 6 nitrogen and oxygen atoms in total. The maximum atomic E-state index is 12.4. The van der Waals surface area contributed by atoms with Gasteiger partial charge in [0.1, 0.15) is 5.76 Å². The molecule has 3 heterocycles. The number of carbonyl (C=O) groups is 1. The number of hydrogen-bond donors (Lipinski definition) is 2. The van der Waals surface area contributed by atoms with Gasteiger partial charge in [-0.15, -0.1) is 0 Å². The van der Waals surface area contributed by atoms with E-state index in [1.165, 1.54) is 6.26 Å². The van der Waals surface area contributed by atoms with Crippen molar-refractivity contribution in [3.8, 4) is 0 Å². The molecule has 0 bridgehead atoms. The molecule has 1 aliphatic heterocycles. The number of aliphatic hydroxyl groups is 1. The van der Waals surface area contributed by atoms with E-state index in [2.05, 4.69) is 15.2 Å². The highest BCUT2D eigenvalue weighted by Gasteiger charge is 2.22. The molecule has 0 unspecified atom stereocenters. The summed E-state index contributed by atoms with van der Waals surface area (Å²) in [5, 5.41) is 12.2. The summed E-state index contributed by atoms with van der Waals surface area (Å²) in [5.74, 6) is 1.53. The molecular formula is C17H21N3O3. The van der Waals surface area contributed by atoms with Gasteiger partial charge in [-0.2, -0.15) is 0 Å². The van der Waals surface area contributed by atoms with Crippen LogP contribution in [0, 0.1) is 12.8 Å². The van der Waals surface area contributed by atoms with Gasteiger partial charge in [0.25, 0.3) is 5.91 Å². The van der Waals surface area contributed by atoms with Crippen LogP contribution in [0.25, 0.3) is 0 Å². The van der Waals surface area contributed by atoms with Crippen molar-refractivity contribution in [2.75, 3.05) is 29.9 Å². The van der Waals surface area contributed by atoms with Crippen LogP contribution in [0.1, 0.15) is 29.0 Å². The fourth-order valence-corrected chi connectivity index (χ4v) is 2.88. The molecule has 122 valence electrons. The quantitative estimate of drug-likeness (QED) is 0.906. The van der Waals surface area contributed by atoms with E-state index in [1.807, 2.05) is 12.1 Å². The second-order valence-corrected chi connectivity index (χ2v) is 5.83. The van der Waals surface area contributed by atoms with Gasteiger partial charge in [-0.25, -0.2) is 4.98 Å². The normalized spacial score (nSPS) is 15.7. The second kappa shape index (κ2) is 6.83. The summed E-state index contributed by atoms with van der Waals surface area (Å²) in [6, 6.07) is 5.32. The molecule has 0 spiro atoms. The third-order valence-electron chi connectivity index (χ3n) is 4.31. The Hall–Kier alpha value is -2.34. The highest BCUT2D eigenvalue weighted by atomic mass is 16.3. The lowest BCUT2D eigenvalue weighted by Gasteiger charge is -2.33. The minimum atomic E-state index is -0.198. The van der Waals surface area contributed by atoms with Crippen molar-refractivity contribution in [2.45, 2.75) is 19.8 Å². The highest BCUT2D eigenvalue weighted by molar-refractivity contribution is 6.06. The number of nitrogens with one attached hydrogen (secondary N) is 1. The Labute approximate surface area is 135 Å². The van der Waals surface area contributed by atoms with Gasteiger partial charge in [-0.3, -0.25) is 4.79 Å². The van der Waals surface area contributed by atoms with Crippen molar-refractivity contribution in [3.05, 3.63) is 42.0 Å². The second-order valence-electron chi connectivity index (χ2n) is 5.83. The average Bonchev–Trinajstić information content (AvgIpc) is 3.02. The molecule has 2 N–H and O–H groups in total. The number of piperidine rings is 1. The topological polar surface area (TPSA) is 78.6 Å². The van der Waals surface area contributed by atoms with Crippen LogP contribution in [0.2, 0.25) is 0 Å². The lowest BCUT2D eigenvalue weighted by molar-refractivity contribution is 0.102. The molecule has 23 heavy (non-hydrogen) atoms. The standard InChI is InChI=1S/C17H21N3O3/c1-12-14(6-10-23-12)17(22)19-15-3-2-7-18-16(15)20-8-4-13(11-21)5-9-20/h2-3,6-7,10,13,21H,4-5,8-9,11H2,1H3,(H,19,22). The Morgan fingerprint density at radius 2 is 2.22 bits per heavy atom. The number of nitrogens with zero attached hydrogens (tertiary/aromatic N) is 2. The van der Waals surface area contributed by atoms with Crippen molar-refractivity contribution in [3.63, 3.8) is 0 Å². The molecule has 1 saturated heterocycles. The number of aryl methyl sites for hydroxylation is 1. The fraction of sp³-hybridized carbons (Fsp3) is 0.412. The number of furan rings is 1. The lowest BCUT2D eigenvalue weighted by Crippen LogP contribution is -2.35. The number of hydrogen-bond acceptors (Lipinski definition) is 5. The molecule has 1 amide bonds.